The number of aromatic nitrogens is 4. The monoisotopic (exact) mass is 1250 g/mol. The number of ketones is 1. The van der Waals surface area contributed by atoms with Crippen molar-refractivity contribution in [3.63, 3.8) is 0 Å². The molecule has 7 rings (SSSR count). The van der Waals surface area contributed by atoms with Crippen molar-refractivity contribution in [3.05, 3.63) is 121 Å². The predicted octanol–water partition coefficient (Wildman–Crippen LogP) is 5.13. The molecule has 0 radical (unpaired) electrons. The number of aliphatic hydroxyl groups excluding tert-OH is 4. The molecule has 4 heterocycles. The molecule has 2 aliphatic rings. The van der Waals surface area contributed by atoms with Crippen LogP contribution < -0.4 is 19.9 Å². The van der Waals surface area contributed by atoms with E-state index in [2.05, 4.69) is 15.1 Å². The Morgan fingerprint density at radius 2 is 1.21 bits per heavy atom. The van der Waals surface area contributed by atoms with Crippen molar-refractivity contribution < 1.29 is 105 Å². The van der Waals surface area contributed by atoms with Gasteiger partial charge in [-0.1, -0.05) is 113 Å². The van der Waals surface area contributed by atoms with Gasteiger partial charge in [-0.25, -0.2) is 19.1 Å². The Balaban J connectivity index is 0.000000282. The normalized spacial score (nSPS) is 22.1. The molecule has 2 saturated heterocycles. The third kappa shape index (κ3) is 19.2. The quantitative estimate of drug-likeness (QED) is 0.0139. The van der Waals surface area contributed by atoms with Gasteiger partial charge in [0.15, 0.2) is 34.7 Å². The molecule has 0 bridgehead atoms. The highest BCUT2D eigenvalue weighted by Gasteiger charge is 2.48. The first-order valence-electron chi connectivity index (χ1n) is 26.5. The molecule has 0 spiro atoms. The van der Waals surface area contributed by atoms with E-state index in [1.54, 1.807) is 99.6 Å². The molecule has 0 saturated carbocycles. The number of Topliss-reactive ketones (excluding diaryl/α,β-unsaturated/α-hetero) is 1. The molecule has 0 aliphatic carbocycles. The lowest BCUT2D eigenvalue weighted by atomic mass is 10.00. The standard InChI is InChI=1S/C31H39N4O12P.C23H31N2O10PS/c1-19(2)13-14-43-24(36)15-22(31(41)44-16-20-9-5-3-6-10-20)34-48(42,47-21-11-7-4-8-12-21)45-17-23-26(37)27(38)30(46-23)35-18-33-25(28(32)39)29(35)40;1-14(26)17-20(29)25(13-24-17)21-19(28)18(27)16(34-21)12-33-36(31,35-15-8-6-5-7-9-15)32-10-11-37-22(30)23(2,3)4/h3-12,18-19,22-23,26-27,30,37-38,40H,13-17H2,1-2H3,(H2,32,39)(H,34,42);5-9,13,16,18-19,21,27-29H,10-12H2,1-4H3/t22-,23+,26?,27+,30+,48?;16-,18?,19-,21-,36?/m01/s1. The third-order valence-electron chi connectivity index (χ3n) is 12.4. The minimum absolute atomic E-state index is 0.0611. The van der Waals surface area contributed by atoms with Crippen molar-refractivity contribution in [1.29, 1.82) is 0 Å². The highest BCUT2D eigenvalue weighted by molar-refractivity contribution is 8.13. The van der Waals surface area contributed by atoms with Crippen LogP contribution in [0.5, 0.6) is 23.3 Å². The number of para-hydroxylation sites is 2. The molecule has 3 aromatic carbocycles. The number of ether oxygens (including phenoxy) is 4. The third-order valence-corrected chi connectivity index (χ3v) is 16.6. The van der Waals surface area contributed by atoms with Crippen molar-refractivity contribution >= 4 is 56.1 Å². The van der Waals surface area contributed by atoms with Crippen LogP contribution >= 0.6 is 27.3 Å². The summed E-state index contributed by atoms with van der Waals surface area (Å²) < 4.78 is 79.2. The van der Waals surface area contributed by atoms with Crippen molar-refractivity contribution in [2.24, 2.45) is 17.1 Å². The second-order valence-corrected chi connectivity index (χ2v) is 25.0. The fourth-order valence-electron chi connectivity index (χ4n) is 7.78. The second-order valence-electron chi connectivity index (χ2n) is 20.6. The van der Waals surface area contributed by atoms with Crippen molar-refractivity contribution in [2.75, 3.05) is 32.2 Å². The fraction of sp³-hybridized carbons (Fsp3) is 0.463. The van der Waals surface area contributed by atoms with Crippen LogP contribution in [0.2, 0.25) is 0 Å². The van der Waals surface area contributed by atoms with E-state index in [0.717, 1.165) is 33.6 Å². The van der Waals surface area contributed by atoms with Gasteiger partial charge in [0, 0.05) is 18.1 Å². The summed E-state index contributed by atoms with van der Waals surface area (Å²) in [6.45, 7) is 9.11. The van der Waals surface area contributed by atoms with Crippen LogP contribution in [-0.4, -0.2) is 153 Å². The van der Waals surface area contributed by atoms with E-state index in [-0.39, 0.29) is 53.8 Å². The predicted molar refractivity (Wildman–Crippen MR) is 300 cm³/mol. The van der Waals surface area contributed by atoms with Gasteiger partial charge in [-0.3, -0.25) is 46.7 Å². The summed E-state index contributed by atoms with van der Waals surface area (Å²) in [5.74, 6) is -3.78. The number of carbonyl (C=O) groups excluding carboxylic acids is 5. The molecule has 31 heteroatoms. The van der Waals surface area contributed by atoms with Gasteiger partial charge < -0.3 is 64.4 Å². The number of phosphoric ester groups is 1. The average Bonchev–Trinajstić information content (AvgIpc) is 2.40. The Labute approximate surface area is 493 Å². The molecule has 464 valence electrons. The minimum Gasteiger partial charge on any atom is -0.493 e. The minimum atomic E-state index is -4.61. The Hall–Kier alpha value is -6.56. The summed E-state index contributed by atoms with van der Waals surface area (Å²) in [5, 5.41) is 65.3. The van der Waals surface area contributed by atoms with E-state index >= 15 is 0 Å². The maximum Gasteiger partial charge on any atom is 0.530 e. The number of nitrogens with two attached hydrogens (primary N) is 1. The Morgan fingerprint density at radius 3 is 1.71 bits per heavy atom. The highest BCUT2D eigenvalue weighted by Crippen LogP contribution is 2.51. The summed E-state index contributed by atoms with van der Waals surface area (Å²) in [4.78, 5) is 68.8. The van der Waals surface area contributed by atoms with Gasteiger partial charge in [-0.15, -0.1) is 0 Å². The van der Waals surface area contributed by atoms with Gasteiger partial charge in [0.25, 0.3) is 5.91 Å². The average molecular weight is 1250 g/mol. The smallest absolute Gasteiger partial charge is 0.493 e. The lowest BCUT2D eigenvalue weighted by Gasteiger charge is -2.26. The zero-order valence-corrected chi connectivity index (χ0v) is 49.7. The number of esters is 2. The Kier molecular flexibility index (Phi) is 24.4. The number of thioether (sulfide) groups is 1. The summed E-state index contributed by atoms with van der Waals surface area (Å²) in [6.07, 6.45) is -9.59. The fourth-order valence-corrected chi connectivity index (χ4v) is 11.4. The molecular formula is C54H70N6O22P2S. The van der Waals surface area contributed by atoms with Crippen LogP contribution in [0.25, 0.3) is 0 Å². The number of phosphoric acid groups is 1. The Bertz CT molecular complexity index is 3120. The zero-order chi connectivity index (χ0) is 62.2. The molecule has 2 aliphatic heterocycles. The van der Waals surface area contributed by atoms with E-state index in [4.69, 9.17) is 47.3 Å². The van der Waals surface area contributed by atoms with Crippen LogP contribution in [0, 0.1) is 11.3 Å². The number of nitrogens with zero attached hydrogens (tertiary/aromatic N) is 4. The van der Waals surface area contributed by atoms with E-state index in [1.165, 1.54) is 19.1 Å². The number of hydrogen-bond donors (Lipinski definition) is 8. The number of benzene rings is 3. The number of aliphatic hydroxyl groups is 4. The van der Waals surface area contributed by atoms with E-state index < -0.39 is 137 Å². The maximum absolute atomic E-state index is 14.3. The van der Waals surface area contributed by atoms with Crippen molar-refractivity contribution in [3.8, 4) is 23.3 Å². The zero-order valence-electron chi connectivity index (χ0n) is 47.1. The van der Waals surface area contributed by atoms with Gasteiger partial charge in [0.2, 0.25) is 11.8 Å². The van der Waals surface area contributed by atoms with Crippen LogP contribution in [0.15, 0.2) is 104 Å². The van der Waals surface area contributed by atoms with Crippen molar-refractivity contribution in [1.82, 2.24) is 24.2 Å². The van der Waals surface area contributed by atoms with Crippen LogP contribution in [0.3, 0.4) is 0 Å². The molecule has 1 amide bonds. The first-order chi connectivity index (χ1) is 40.2. The summed E-state index contributed by atoms with van der Waals surface area (Å²) in [6, 6.07) is 23.2. The maximum atomic E-state index is 14.3. The first kappa shape index (κ1) is 67.6. The molecule has 2 aromatic heterocycles. The Morgan fingerprint density at radius 1 is 0.706 bits per heavy atom. The molecule has 28 nitrogen and oxygen atoms in total. The largest absolute Gasteiger partial charge is 0.530 e. The summed E-state index contributed by atoms with van der Waals surface area (Å²) in [7, 11) is -8.88. The van der Waals surface area contributed by atoms with Crippen LogP contribution in [0.1, 0.15) is 93.4 Å². The van der Waals surface area contributed by atoms with E-state index in [1.807, 2.05) is 13.8 Å². The lowest BCUT2D eigenvalue weighted by Crippen LogP contribution is -2.40. The number of imidazole rings is 2. The highest BCUT2D eigenvalue weighted by atomic mass is 32.2. The molecule has 11 atom stereocenters. The molecule has 5 aromatic rings. The van der Waals surface area contributed by atoms with Gasteiger partial charge in [-0.05, 0) is 42.2 Å². The molecule has 2 fully saturated rings. The van der Waals surface area contributed by atoms with Gasteiger partial charge >= 0.3 is 27.5 Å². The van der Waals surface area contributed by atoms with Crippen LogP contribution in [0.4, 0.5) is 0 Å². The molecule has 4 unspecified atom stereocenters. The van der Waals surface area contributed by atoms with Crippen LogP contribution in [-0.2, 0) is 62.6 Å². The number of amides is 1. The number of carbonyl (C=O) groups is 5. The number of primary amides is 1. The first-order valence-corrected chi connectivity index (χ1v) is 30.5. The number of hydrogen-bond acceptors (Lipinski definition) is 25. The topological polar surface area (TPSA) is 398 Å². The van der Waals surface area contributed by atoms with E-state index in [0.29, 0.717) is 12.0 Å². The molecule has 9 N–H and O–H groups in total. The van der Waals surface area contributed by atoms with Gasteiger partial charge in [-0.2, -0.15) is 5.09 Å². The number of aromatic hydroxyl groups is 2. The number of rotatable bonds is 28. The SMILES string of the molecule is CC(=O)c1ncn([C@@H]2O[C@H](COP(=O)(OCCSC(=O)C(C)(C)C)Oc3ccccc3)C(O)[C@H]2O)c1O.CC(C)CCOC(=O)C[C@H](NP(=O)(OC[C@H]1O[C@@H](n2cnc(C(N)=O)c2O)[C@H](O)C1O)Oc1ccccc1)C(=O)OCc1ccccc1. The second kappa shape index (κ2) is 30.7. The van der Waals surface area contributed by atoms with Gasteiger partial charge in [0.1, 0.15) is 73.4 Å². The van der Waals surface area contributed by atoms with Gasteiger partial charge in [0.05, 0.1) is 32.8 Å². The van der Waals surface area contributed by atoms with Crippen molar-refractivity contribution in [2.45, 2.75) is 116 Å². The lowest BCUT2D eigenvalue weighted by molar-refractivity contribution is -0.153. The summed E-state index contributed by atoms with van der Waals surface area (Å²) >= 11 is 1.03. The van der Waals surface area contributed by atoms with E-state index in [9.17, 15) is 63.7 Å². The summed E-state index contributed by atoms with van der Waals surface area (Å²) in [5.41, 5.74) is 4.60. The number of nitrogens with one attached hydrogen (secondary N) is 1. The molecular weight excluding hydrogens is 1180 g/mol. The molecule has 85 heavy (non-hydrogen) atoms.